The zero-order chi connectivity index (χ0) is 10.5. The molecule has 1 aliphatic heterocycles. The van der Waals surface area contributed by atoms with Crippen molar-refractivity contribution in [3.8, 4) is 0 Å². The summed E-state index contributed by atoms with van der Waals surface area (Å²) in [6, 6.07) is 0. The molecule has 2 unspecified atom stereocenters. The van der Waals surface area contributed by atoms with Crippen molar-refractivity contribution in [3.63, 3.8) is 0 Å². The van der Waals surface area contributed by atoms with Crippen molar-refractivity contribution in [1.82, 2.24) is 5.32 Å². The minimum Gasteiger partial charge on any atom is -0.317 e. The van der Waals surface area contributed by atoms with Gasteiger partial charge in [0.2, 0.25) is 0 Å². The molecule has 2 atom stereocenters. The Labute approximate surface area is 95.0 Å². The standard InChI is InChI=1S/C14H27N/c1-2-12-4-3-5-14(10-12)11-13-6-8-15-9-7-13/h12-15H,2-11H2,1H3. The average Bonchev–Trinajstić information content (AvgIpc) is 2.31. The van der Waals surface area contributed by atoms with Crippen LogP contribution in [-0.2, 0) is 0 Å². The first kappa shape index (κ1) is 11.4. The van der Waals surface area contributed by atoms with E-state index in [2.05, 4.69) is 12.2 Å². The molecule has 1 N–H and O–H groups in total. The predicted molar refractivity (Wildman–Crippen MR) is 65.9 cm³/mol. The second-order valence-electron chi connectivity index (χ2n) is 5.74. The molecule has 0 aromatic heterocycles. The van der Waals surface area contributed by atoms with Crippen molar-refractivity contribution in [2.75, 3.05) is 13.1 Å². The summed E-state index contributed by atoms with van der Waals surface area (Å²) >= 11 is 0. The Hall–Kier alpha value is -0.0400. The van der Waals surface area contributed by atoms with Gasteiger partial charge in [0.05, 0.1) is 0 Å². The van der Waals surface area contributed by atoms with Crippen molar-refractivity contribution in [2.24, 2.45) is 17.8 Å². The summed E-state index contributed by atoms with van der Waals surface area (Å²) in [6.07, 6.45) is 11.9. The molecule has 2 rings (SSSR count). The van der Waals surface area contributed by atoms with Crippen molar-refractivity contribution in [2.45, 2.75) is 58.3 Å². The van der Waals surface area contributed by atoms with Crippen molar-refractivity contribution in [3.05, 3.63) is 0 Å². The maximum absolute atomic E-state index is 3.47. The Bertz CT molecular complexity index is 172. The van der Waals surface area contributed by atoms with Crippen LogP contribution in [0.1, 0.15) is 58.3 Å². The Morgan fingerprint density at radius 3 is 2.40 bits per heavy atom. The van der Waals surface area contributed by atoms with Gasteiger partial charge in [-0.2, -0.15) is 0 Å². The van der Waals surface area contributed by atoms with Gasteiger partial charge in [0, 0.05) is 0 Å². The minimum atomic E-state index is 1.05. The van der Waals surface area contributed by atoms with Crippen LogP contribution in [0.15, 0.2) is 0 Å². The monoisotopic (exact) mass is 209 g/mol. The van der Waals surface area contributed by atoms with Crippen molar-refractivity contribution >= 4 is 0 Å². The third kappa shape index (κ3) is 3.48. The zero-order valence-electron chi connectivity index (χ0n) is 10.3. The summed E-state index contributed by atoms with van der Waals surface area (Å²) in [6.45, 7) is 4.92. The fraction of sp³-hybridized carbons (Fsp3) is 1.00. The van der Waals surface area contributed by atoms with Gasteiger partial charge in [-0.3, -0.25) is 0 Å². The SMILES string of the molecule is CCC1CCCC(CC2CCNCC2)C1. The largest absolute Gasteiger partial charge is 0.317 e. The molecule has 0 aromatic carbocycles. The lowest BCUT2D eigenvalue weighted by Gasteiger charge is -2.32. The lowest BCUT2D eigenvalue weighted by atomic mass is 9.75. The molecule has 15 heavy (non-hydrogen) atoms. The molecule has 1 saturated carbocycles. The maximum atomic E-state index is 3.47. The van der Waals surface area contributed by atoms with E-state index >= 15 is 0 Å². The third-order valence-corrected chi connectivity index (χ3v) is 4.59. The second-order valence-corrected chi connectivity index (χ2v) is 5.74. The van der Waals surface area contributed by atoms with E-state index in [0.717, 1.165) is 17.8 Å². The zero-order valence-corrected chi connectivity index (χ0v) is 10.3. The van der Waals surface area contributed by atoms with Crippen LogP contribution in [-0.4, -0.2) is 13.1 Å². The van der Waals surface area contributed by atoms with Gasteiger partial charge >= 0.3 is 0 Å². The molecule has 2 fully saturated rings. The highest BCUT2D eigenvalue weighted by Gasteiger charge is 2.24. The Morgan fingerprint density at radius 1 is 0.933 bits per heavy atom. The van der Waals surface area contributed by atoms with Crippen molar-refractivity contribution in [1.29, 1.82) is 0 Å². The van der Waals surface area contributed by atoms with E-state index in [1.165, 1.54) is 58.0 Å². The first-order valence-corrected chi connectivity index (χ1v) is 7.09. The highest BCUT2D eigenvalue weighted by atomic mass is 14.9. The van der Waals surface area contributed by atoms with Gasteiger partial charge in [0.15, 0.2) is 0 Å². The summed E-state index contributed by atoms with van der Waals surface area (Å²) < 4.78 is 0. The molecular weight excluding hydrogens is 182 g/mol. The van der Waals surface area contributed by atoms with Gasteiger partial charge in [0.25, 0.3) is 0 Å². The smallest absolute Gasteiger partial charge is 0.00463 e. The molecular formula is C14H27N. The lowest BCUT2D eigenvalue weighted by molar-refractivity contribution is 0.205. The van der Waals surface area contributed by atoms with Crippen LogP contribution in [0.3, 0.4) is 0 Å². The highest BCUT2D eigenvalue weighted by molar-refractivity contribution is 4.77. The number of piperidine rings is 1. The van der Waals surface area contributed by atoms with Crippen molar-refractivity contribution < 1.29 is 0 Å². The van der Waals surface area contributed by atoms with E-state index in [1.54, 1.807) is 6.42 Å². The van der Waals surface area contributed by atoms with E-state index in [4.69, 9.17) is 0 Å². The molecule has 88 valence electrons. The fourth-order valence-electron chi connectivity index (χ4n) is 3.58. The summed E-state index contributed by atoms with van der Waals surface area (Å²) in [5.74, 6) is 3.18. The molecule has 1 nitrogen and oxygen atoms in total. The second kappa shape index (κ2) is 5.89. The molecule has 1 saturated heterocycles. The van der Waals surface area contributed by atoms with Crippen LogP contribution in [0.4, 0.5) is 0 Å². The molecule has 1 heteroatoms. The van der Waals surface area contributed by atoms with Crippen LogP contribution in [0.2, 0.25) is 0 Å². The Morgan fingerprint density at radius 2 is 1.67 bits per heavy atom. The average molecular weight is 209 g/mol. The molecule has 0 aromatic rings. The van der Waals surface area contributed by atoms with Crippen LogP contribution in [0, 0.1) is 17.8 Å². The highest BCUT2D eigenvalue weighted by Crippen LogP contribution is 2.36. The van der Waals surface area contributed by atoms with Crippen LogP contribution in [0.5, 0.6) is 0 Å². The minimum absolute atomic E-state index is 1.05. The summed E-state index contributed by atoms with van der Waals surface area (Å²) in [7, 11) is 0. The van der Waals surface area contributed by atoms with Gasteiger partial charge in [0.1, 0.15) is 0 Å². The fourth-order valence-corrected chi connectivity index (χ4v) is 3.58. The Kier molecular flexibility index (Phi) is 4.49. The normalized spacial score (nSPS) is 34.2. The summed E-state index contributed by atoms with van der Waals surface area (Å²) in [4.78, 5) is 0. The molecule has 1 heterocycles. The molecule has 0 bridgehead atoms. The van der Waals surface area contributed by atoms with E-state index in [0.29, 0.717) is 0 Å². The van der Waals surface area contributed by atoms with Crippen LogP contribution < -0.4 is 5.32 Å². The molecule has 0 amide bonds. The molecule has 2 aliphatic rings. The third-order valence-electron chi connectivity index (χ3n) is 4.59. The number of nitrogens with one attached hydrogen (secondary N) is 1. The quantitative estimate of drug-likeness (QED) is 0.749. The van der Waals surface area contributed by atoms with E-state index in [9.17, 15) is 0 Å². The Balaban J connectivity index is 1.72. The molecule has 0 spiro atoms. The van der Waals surface area contributed by atoms with E-state index in [-0.39, 0.29) is 0 Å². The topological polar surface area (TPSA) is 12.0 Å². The van der Waals surface area contributed by atoms with Gasteiger partial charge < -0.3 is 5.32 Å². The van der Waals surface area contributed by atoms with Gasteiger partial charge in [-0.15, -0.1) is 0 Å². The van der Waals surface area contributed by atoms with Gasteiger partial charge in [-0.25, -0.2) is 0 Å². The molecule has 0 radical (unpaired) electrons. The molecule has 1 aliphatic carbocycles. The summed E-state index contributed by atoms with van der Waals surface area (Å²) in [5.41, 5.74) is 0. The first-order valence-electron chi connectivity index (χ1n) is 7.09. The predicted octanol–water partition coefficient (Wildman–Crippen LogP) is 3.59. The van der Waals surface area contributed by atoms with E-state index < -0.39 is 0 Å². The first-order chi connectivity index (χ1) is 7.38. The summed E-state index contributed by atoms with van der Waals surface area (Å²) in [5, 5.41) is 3.47. The van der Waals surface area contributed by atoms with Gasteiger partial charge in [-0.05, 0) is 56.5 Å². The number of rotatable bonds is 3. The van der Waals surface area contributed by atoms with Crippen LogP contribution >= 0.6 is 0 Å². The van der Waals surface area contributed by atoms with Gasteiger partial charge in [-0.1, -0.05) is 32.6 Å². The lowest BCUT2D eigenvalue weighted by Crippen LogP contribution is -2.29. The number of hydrogen-bond acceptors (Lipinski definition) is 1. The number of hydrogen-bond donors (Lipinski definition) is 1. The van der Waals surface area contributed by atoms with E-state index in [1.807, 2.05) is 0 Å². The van der Waals surface area contributed by atoms with Crippen LogP contribution in [0.25, 0.3) is 0 Å². The maximum Gasteiger partial charge on any atom is -0.00463 e.